The zero-order chi connectivity index (χ0) is 21.4. The lowest BCUT2D eigenvalue weighted by molar-refractivity contribution is 0.642. The third kappa shape index (κ3) is 3.56. The summed E-state index contributed by atoms with van der Waals surface area (Å²) in [6.45, 7) is 3.28. The van der Waals surface area contributed by atoms with Crippen molar-refractivity contribution in [1.82, 2.24) is 19.5 Å². The maximum absolute atomic E-state index is 8.95. The molecule has 1 fully saturated rings. The lowest BCUT2D eigenvalue weighted by Gasteiger charge is -2.36. The van der Waals surface area contributed by atoms with Gasteiger partial charge >= 0.3 is 0 Å². The second-order valence-electron chi connectivity index (χ2n) is 7.50. The Bertz CT molecular complexity index is 1280. The molecule has 4 aromatic rings. The van der Waals surface area contributed by atoms with Crippen molar-refractivity contribution in [2.45, 2.75) is 0 Å². The van der Waals surface area contributed by atoms with Crippen LogP contribution in [-0.2, 0) is 7.05 Å². The predicted octanol–water partition coefficient (Wildman–Crippen LogP) is 3.88. The molecule has 31 heavy (non-hydrogen) atoms. The lowest BCUT2D eigenvalue weighted by Crippen LogP contribution is -2.47. The van der Waals surface area contributed by atoms with E-state index in [1.54, 1.807) is 18.5 Å². The first-order valence-electron chi connectivity index (χ1n) is 10.1. The van der Waals surface area contributed by atoms with Crippen LogP contribution in [0.1, 0.15) is 5.56 Å². The summed E-state index contributed by atoms with van der Waals surface area (Å²) in [6.07, 6.45) is 3.33. The number of fused-ring (bicyclic) bond motifs is 1. The minimum atomic E-state index is 0.572. The number of aromatic nitrogens is 4. The van der Waals surface area contributed by atoms with E-state index < -0.39 is 0 Å². The highest BCUT2D eigenvalue weighted by Gasteiger charge is 2.21. The average molecular weight is 430 g/mol. The normalized spacial score (nSPS) is 14.1. The van der Waals surface area contributed by atoms with E-state index >= 15 is 0 Å². The van der Waals surface area contributed by atoms with Crippen LogP contribution in [0.3, 0.4) is 0 Å². The number of imidazole rings is 1. The molecule has 1 aliphatic rings. The van der Waals surface area contributed by atoms with Crippen molar-refractivity contribution in [2.24, 2.45) is 7.05 Å². The van der Waals surface area contributed by atoms with Gasteiger partial charge in [0.2, 0.25) is 0 Å². The fourth-order valence-electron chi connectivity index (χ4n) is 3.96. The Kier molecular flexibility index (Phi) is 4.92. The third-order valence-electron chi connectivity index (χ3n) is 5.67. The summed E-state index contributed by atoms with van der Waals surface area (Å²) in [7, 11) is 2.00. The Morgan fingerprint density at radius 1 is 0.935 bits per heavy atom. The minimum absolute atomic E-state index is 0.572. The molecule has 1 aliphatic heterocycles. The van der Waals surface area contributed by atoms with Crippen molar-refractivity contribution < 1.29 is 0 Å². The summed E-state index contributed by atoms with van der Waals surface area (Å²) in [5.41, 5.74) is 3.46. The lowest BCUT2D eigenvalue weighted by atomic mass is 10.2. The van der Waals surface area contributed by atoms with Gasteiger partial charge in [-0.15, -0.1) is 0 Å². The molecule has 0 aliphatic carbocycles. The number of halogens is 1. The monoisotopic (exact) mass is 429 g/mol. The highest BCUT2D eigenvalue weighted by atomic mass is 35.5. The Balaban J connectivity index is 1.38. The van der Waals surface area contributed by atoms with Crippen molar-refractivity contribution in [3.05, 3.63) is 65.4 Å². The molecule has 3 aromatic heterocycles. The molecule has 1 saturated heterocycles. The van der Waals surface area contributed by atoms with E-state index in [2.05, 4.69) is 36.5 Å². The van der Waals surface area contributed by atoms with Gasteiger partial charge in [-0.3, -0.25) is 0 Å². The summed E-state index contributed by atoms with van der Waals surface area (Å²) < 4.78 is 2.06. The van der Waals surface area contributed by atoms with Crippen LogP contribution in [0, 0.1) is 11.3 Å². The fraction of sp³-hybridized carbons (Fsp3) is 0.217. The van der Waals surface area contributed by atoms with Crippen LogP contribution in [0.4, 0.5) is 11.6 Å². The molecule has 5 rings (SSSR count). The van der Waals surface area contributed by atoms with E-state index in [4.69, 9.17) is 21.8 Å². The number of nitrogens with zero attached hydrogens (tertiary/aromatic N) is 7. The summed E-state index contributed by atoms with van der Waals surface area (Å²) in [6, 6.07) is 15.9. The molecule has 4 heterocycles. The first-order valence-corrected chi connectivity index (χ1v) is 10.5. The van der Waals surface area contributed by atoms with Gasteiger partial charge in [-0.25, -0.2) is 15.0 Å². The van der Waals surface area contributed by atoms with Gasteiger partial charge in [0.05, 0.1) is 21.6 Å². The number of benzene rings is 1. The minimum Gasteiger partial charge on any atom is -0.353 e. The molecule has 0 spiro atoms. The van der Waals surface area contributed by atoms with Crippen molar-refractivity contribution in [1.29, 1.82) is 5.26 Å². The second-order valence-corrected chi connectivity index (χ2v) is 7.90. The summed E-state index contributed by atoms with van der Waals surface area (Å²) in [5, 5.41) is 9.54. The first-order chi connectivity index (χ1) is 15.1. The molecular formula is C23H20ClN7. The van der Waals surface area contributed by atoms with Crippen LogP contribution in [0.5, 0.6) is 0 Å². The Labute approximate surface area is 185 Å². The number of hydrogen-bond donors (Lipinski definition) is 0. The van der Waals surface area contributed by atoms with Gasteiger partial charge in [0.1, 0.15) is 23.5 Å². The quantitative estimate of drug-likeness (QED) is 0.492. The molecule has 1 aromatic carbocycles. The van der Waals surface area contributed by atoms with Gasteiger partial charge in [-0.05, 0) is 30.3 Å². The van der Waals surface area contributed by atoms with Gasteiger partial charge in [-0.2, -0.15) is 5.26 Å². The van der Waals surface area contributed by atoms with E-state index in [0.29, 0.717) is 10.6 Å². The maximum atomic E-state index is 8.95. The summed E-state index contributed by atoms with van der Waals surface area (Å²) >= 11 is 6.52. The van der Waals surface area contributed by atoms with Crippen molar-refractivity contribution >= 4 is 34.3 Å². The Morgan fingerprint density at radius 3 is 2.32 bits per heavy atom. The highest BCUT2D eigenvalue weighted by molar-refractivity contribution is 6.33. The number of nitriles is 1. The highest BCUT2D eigenvalue weighted by Crippen LogP contribution is 2.32. The SMILES string of the molecule is Cn1c(-c2cc(N3CCN(c4ccc(C#N)cn4)CC3)ncc2Cl)nc2ccccc21. The molecule has 0 radical (unpaired) electrons. The van der Waals surface area contributed by atoms with Crippen LogP contribution >= 0.6 is 11.6 Å². The predicted molar refractivity (Wildman–Crippen MR) is 122 cm³/mol. The molecule has 154 valence electrons. The largest absolute Gasteiger partial charge is 0.353 e. The van der Waals surface area contributed by atoms with Gasteiger partial charge in [0.15, 0.2) is 0 Å². The number of hydrogen-bond acceptors (Lipinski definition) is 6. The number of para-hydroxylation sites is 2. The van der Waals surface area contributed by atoms with Crippen LogP contribution in [0.2, 0.25) is 5.02 Å². The van der Waals surface area contributed by atoms with Crippen molar-refractivity contribution in [3.63, 3.8) is 0 Å². The van der Waals surface area contributed by atoms with E-state index in [9.17, 15) is 0 Å². The molecule has 0 N–H and O–H groups in total. The van der Waals surface area contributed by atoms with Gasteiger partial charge in [-0.1, -0.05) is 23.7 Å². The number of piperazine rings is 1. The zero-order valence-corrected chi connectivity index (χ0v) is 17.8. The van der Waals surface area contributed by atoms with Crippen LogP contribution < -0.4 is 9.80 Å². The van der Waals surface area contributed by atoms with E-state index in [-0.39, 0.29) is 0 Å². The van der Waals surface area contributed by atoms with Crippen LogP contribution in [0.25, 0.3) is 22.4 Å². The van der Waals surface area contributed by atoms with Crippen LogP contribution in [-0.4, -0.2) is 45.7 Å². The maximum Gasteiger partial charge on any atom is 0.142 e. The van der Waals surface area contributed by atoms with Crippen molar-refractivity contribution in [3.8, 4) is 17.5 Å². The number of rotatable bonds is 3. The molecule has 0 amide bonds. The molecule has 0 bridgehead atoms. The van der Waals surface area contributed by atoms with E-state index in [1.807, 2.05) is 37.4 Å². The summed E-state index contributed by atoms with van der Waals surface area (Å²) in [5.74, 6) is 2.61. The molecule has 0 unspecified atom stereocenters. The second kappa shape index (κ2) is 7.89. The van der Waals surface area contributed by atoms with Gasteiger partial charge < -0.3 is 14.4 Å². The standard InChI is InChI=1S/C23H20ClN7/c1-29-20-5-3-2-4-19(20)28-23(29)17-12-22(27-15-18(17)24)31-10-8-30(9-11-31)21-7-6-16(13-25)14-26-21/h2-7,12,14-15H,8-11H2,1H3. The topological polar surface area (TPSA) is 73.9 Å². The molecule has 8 heteroatoms. The molecule has 0 saturated carbocycles. The molecule has 7 nitrogen and oxygen atoms in total. The molecule has 0 atom stereocenters. The van der Waals surface area contributed by atoms with Crippen molar-refractivity contribution in [2.75, 3.05) is 36.0 Å². The average Bonchev–Trinajstić information content (AvgIpc) is 3.16. The van der Waals surface area contributed by atoms with Gasteiger partial charge in [0, 0.05) is 51.2 Å². The number of pyridine rings is 2. The zero-order valence-electron chi connectivity index (χ0n) is 17.0. The Hall–Kier alpha value is -3.63. The first kappa shape index (κ1) is 19.3. The smallest absolute Gasteiger partial charge is 0.142 e. The molecular weight excluding hydrogens is 410 g/mol. The van der Waals surface area contributed by atoms with Crippen LogP contribution in [0.15, 0.2) is 54.9 Å². The number of anilines is 2. The third-order valence-corrected chi connectivity index (χ3v) is 5.97. The number of aryl methyl sites for hydroxylation is 1. The van der Waals surface area contributed by atoms with E-state index in [1.165, 1.54) is 0 Å². The fourth-order valence-corrected chi connectivity index (χ4v) is 4.15. The summed E-state index contributed by atoms with van der Waals surface area (Å²) in [4.78, 5) is 18.2. The van der Waals surface area contributed by atoms with E-state index in [0.717, 1.165) is 60.2 Å². The van der Waals surface area contributed by atoms with Gasteiger partial charge in [0.25, 0.3) is 0 Å². The Morgan fingerprint density at radius 2 is 1.65 bits per heavy atom.